The number of aromatic amines is 1. The first-order chi connectivity index (χ1) is 14.7. The second-order valence-electron chi connectivity index (χ2n) is 9.13. The number of hydrogen-bond donors (Lipinski definition) is 2. The summed E-state index contributed by atoms with van der Waals surface area (Å²) in [5, 5.41) is 2.97. The summed E-state index contributed by atoms with van der Waals surface area (Å²) in [5.41, 5.74) is 0.890. The van der Waals surface area contributed by atoms with Gasteiger partial charge in [-0.1, -0.05) is 13.8 Å². The molecule has 31 heavy (non-hydrogen) atoms. The van der Waals surface area contributed by atoms with Crippen molar-refractivity contribution >= 4 is 17.6 Å². The molecule has 2 aliphatic rings. The number of nitrogens with zero attached hydrogens (tertiary/aromatic N) is 2. The maximum absolute atomic E-state index is 13.0. The predicted octanol–water partition coefficient (Wildman–Crippen LogP) is 1.96. The van der Waals surface area contributed by atoms with Gasteiger partial charge in [0.1, 0.15) is 5.56 Å². The summed E-state index contributed by atoms with van der Waals surface area (Å²) >= 11 is 0. The Hall–Kier alpha value is -3.29. The van der Waals surface area contributed by atoms with E-state index in [1.165, 1.54) is 12.3 Å². The monoisotopic (exact) mass is 422 g/mol. The molecule has 0 bridgehead atoms. The van der Waals surface area contributed by atoms with Crippen molar-refractivity contribution in [2.24, 2.45) is 5.41 Å². The van der Waals surface area contributed by atoms with Gasteiger partial charge in [-0.15, -0.1) is 0 Å². The molecule has 2 aromatic heterocycles. The van der Waals surface area contributed by atoms with E-state index in [0.29, 0.717) is 55.6 Å². The molecule has 162 valence electrons. The zero-order valence-corrected chi connectivity index (χ0v) is 17.7. The normalized spacial score (nSPS) is 18.4. The van der Waals surface area contributed by atoms with Gasteiger partial charge in [-0.3, -0.25) is 24.2 Å². The maximum Gasteiger partial charge on any atom is 0.261 e. The fourth-order valence-corrected chi connectivity index (χ4v) is 4.35. The summed E-state index contributed by atoms with van der Waals surface area (Å²) in [5.74, 6) is -0.613. The highest BCUT2D eigenvalue weighted by Gasteiger charge is 2.34. The van der Waals surface area contributed by atoms with Crippen LogP contribution in [0, 0.1) is 5.41 Å². The van der Waals surface area contributed by atoms with E-state index in [2.05, 4.69) is 15.3 Å². The van der Waals surface area contributed by atoms with Crippen LogP contribution in [0.4, 0.5) is 0 Å². The van der Waals surface area contributed by atoms with Gasteiger partial charge >= 0.3 is 0 Å². The van der Waals surface area contributed by atoms with E-state index in [1.807, 2.05) is 13.8 Å². The lowest BCUT2D eigenvalue weighted by Gasteiger charge is -2.33. The molecule has 0 aromatic carbocycles. The van der Waals surface area contributed by atoms with Crippen LogP contribution in [-0.4, -0.2) is 51.6 Å². The molecule has 3 heterocycles. The zero-order chi connectivity index (χ0) is 22.2. The van der Waals surface area contributed by atoms with Gasteiger partial charge in [0.05, 0.1) is 5.56 Å². The molecular weight excluding hydrogens is 396 g/mol. The van der Waals surface area contributed by atoms with E-state index in [-0.39, 0.29) is 34.6 Å². The number of pyridine rings is 2. The van der Waals surface area contributed by atoms with Gasteiger partial charge in [0, 0.05) is 49.2 Å². The lowest BCUT2D eigenvalue weighted by atomic mass is 9.75. The van der Waals surface area contributed by atoms with E-state index < -0.39 is 5.56 Å². The number of fused-ring (bicyclic) bond motifs is 1. The molecule has 0 spiro atoms. The maximum atomic E-state index is 13.0. The van der Waals surface area contributed by atoms with E-state index in [4.69, 9.17) is 0 Å². The van der Waals surface area contributed by atoms with Crippen molar-refractivity contribution in [3.8, 4) is 0 Å². The summed E-state index contributed by atoms with van der Waals surface area (Å²) in [4.78, 5) is 58.7. The van der Waals surface area contributed by atoms with Gasteiger partial charge in [0.25, 0.3) is 17.4 Å². The number of hydrogen-bond acceptors (Lipinski definition) is 5. The molecule has 0 unspecified atom stereocenters. The van der Waals surface area contributed by atoms with Crippen LogP contribution in [0.2, 0.25) is 0 Å². The molecule has 1 aliphatic carbocycles. The average molecular weight is 422 g/mol. The van der Waals surface area contributed by atoms with Gasteiger partial charge in [-0.2, -0.15) is 0 Å². The molecule has 8 heteroatoms. The Labute approximate surface area is 180 Å². The third-order valence-corrected chi connectivity index (χ3v) is 5.99. The number of piperidine rings is 1. The van der Waals surface area contributed by atoms with Gasteiger partial charge in [0.15, 0.2) is 5.78 Å². The molecule has 2 amide bonds. The summed E-state index contributed by atoms with van der Waals surface area (Å²) in [7, 11) is 0. The Kier molecular flexibility index (Phi) is 5.47. The van der Waals surface area contributed by atoms with Gasteiger partial charge in [-0.05, 0) is 42.9 Å². The number of H-pyrrole nitrogens is 1. The highest BCUT2D eigenvalue weighted by atomic mass is 16.2. The smallest absolute Gasteiger partial charge is 0.261 e. The number of nitrogens with one attached hydrogen (secondary N) is 2. The second-order valence-corrected chi connectivity index (χ2v) is 9.13. The first kappa shape index (κ1) is 21.0. The van der Waals surface area contributed by atoms with Crippen molar-refractivity contribution in [1.29, 1.82) is 0 Å². The number of amides is 2. The average Bonchev–Trinajstić information content (AvgIpc) is 2.73. The van der Waals surface area contributed by atoms with Gasteiger partial charge in [-0.25, -0.2) is 0 Å². The van der Waals surface area contributed by atoms with E-state index >= 15 is 0 Å². The molecular formula is C23H26N4O4. The van der Waals surface area contributed by atoms with Crippen LogP contribution in [0.1, 0.15) is 69.9 Å². The zero-order valence-electron chi connectivity index (χ0n) is 17.7. The highest BCUT2D eigenvalue weighted by molar-refractivity contribution is 6.02. The Balaban J connectivity index is 1.42. The number of aromatic nitrogens is 2. The van der Waals surface area contributed by atoms with Gasteiger partial charge in [0.2, 0.25) is 0 Å². The minimum absolute atomic E-state index is 0.00431. The fourth-order valence-electron chi connectivity index (χ4n) is 4.35. The molecule has 1 saturated heterocycles. The topological polar surface area (TPSA) is 112 Å². The summed E-state index contributed by atoms with van der Waals surface area (Å²) in [6.45, 7) is 4.83. The van der Waals surface area contributed by atoms with Crippen molar-refractivity contribution in [2.45, 2.75) is 45.6 Å². The number of rotatable bonds is 3. The van der Waals surface area contributed by atoms with Crippen LogP contribution < -0.4 is 10.9 Å². The molecule has 1 fully saturated rings. The third-order valence-electron chi connectivity index (χ3n) is 5.99. The molecule has 0 atom stereocenters. The van der Waals surface area contributed by atoms with Crippen molar-refractivity contribution in [2.75, 3.05) is 13.1 Å². The number of carbonyl (C=O) groups excluding carboxylic acids is 3. The van der Waals surface area contributed by atoms with Crippen molar-refractivity contribution in [1.82, 2.24) is 20.2 Å². The SMILES string of the molecule is CC1(C)CC(=O)c2cc(C(=O)N3CCC(NC(=O)c4cccnc4)CC3)c(=O)[nH]c2C1. The summed E-state index contributed by atoms with van der Waals surface area (Å²) in [6.07, 6.45) is 5.29. The number of Topliss-reactive ketones (excluding diaryl/α,β-unsaturated/α-hetero) is 1. The predicted molar refractivity (Wildman–Crippen MR) is 114 cm³/mol. The minimum Gasteiger partial charge on any atom is -0.349 e. The largest absolute Gasteiger partial charge is 0.349 e. The number of ketones is 1. The van der Waals surface area contributed by atoms with Crippen LogP contribution in [0.15, 0.2) is 35.4 Å². The van der Waals surface area contributed by atoms with E-state index in [9.17, 15) is 19.2 Å². The molecule has 1 aliphatic heterocycles. The molecule has 0 radical (unpaired) electrons. The Bertz CT molecular complexity index is 1080. The number of carbonyl (C=O) groups is 3. The van der Waals surface area contributed by atoms with Crippen molar-refractivity contribution in [3.05, 3.63) is 63.3 Å². The van der Waals surface area contributed by atoms with Crippen LogP contribution in [0.5, 0.6) is 0 Å². The van der Waals surface area contributed by atoms with Crippen LogP contribution >= 0.6 is 0 Å². The van der Waals surface area contributed by atoms with Gasteiger partial charge < -0.3 is 15.2 Å². The summed E-state index contributed by atoms with van der Waals surface area (Å²) < 4.78 is 0. The van der Waals surface area contributed by atoms with Crippen molar-refractivity contribution < 1.29 is 14.4 Å². The molecule has 4 rings (SSSR count). The van der Waals surface area contributed by atoms with E-state index in [1.54, 1.807) is 23.2 Å². The second kappa shape index (κ2) is 8.09. The van der Waals surface area contributed by atoms with Crippen LogP contribution in [0.3, 0.4) is 0 Å². The number of likely N-dealkylation sites (tertiary alicyclic amines) is 1. The third kappa shape index (κ3) is 4.42. The van der Waals surface area contributed by atoms with Crippen LogP contribution in [0.25, 0.3) is 0 Å². The first-order valence-electron chi connectivity index (χ1n) is 10.5. The summed E-state index contributed by atoms with van der Waals surface area (Å²) in [6, 6.07) is 4.82. The fraction of sp³-hybridized carbons (Fsp3) is 0.435. The Morgan fingerprint density at radius 2 is 1.94 bits per heavy atom. The lowest BCUT2D eigenvalue weighted by molar-refractivity contribution is 0.0696. The lowest BCUT2D eigenvalue weighted by Crippen LogP contribution is -2.47. The molecule has 2 aromatic rings. The minimum atomic E-state index is -0.457. The standard InChI is InChI=1S/C23H26N4O4/c1-23(2)11-18-16(19(28)12-23)10-17(21(30)26-18)22(31)27-8-5-15(6-9-27)25-20(29)14-4-3-7-24-13-14/h3-4,7,10,13,15H,5-6,8-9,11-12H2,1-2H3,(H,25,29)(H,26,30). The Morgan fingerprint density at radius 1 is 1.19 bits per heavy atom. The van der Waals surface area contributed by atoms with Crippen molar-refractivity contribution in [3.63, 3.8) is 0 Å². The van der Waals surface area contributed by atoms with Crippen LogP contribution in [-0.2, 0) is 6.42 Å². The quantitative estimate of drug-likeness (QED) is 0.785. The highest BCUT2D eigenvalue weighted by Crippen LogP contribution is 2.33. The Morgan fingerprint density at radius 3 is 2.61 bits per heavy atom. The molecule has 8 nitrogen and oxygen atoms in total. The molecule has 0 saturated carbocycles. The molecule has 2 N–H and O–H groups in total. The first-order valence-corrected chi connectivity index (χ1v) is 10.5. The van der Waals surface area contributed by atoms with E-state index in [0.717, 1.165) is 0 Å².